The number of pyridine rings is 1. The fourth-order valence-electron chi connectivity index (χ4n) is 1.46. The Bertz CT molecular complexity index is 485. The fourth-order valence-corrected chi connectivity index (χ4v) is 1.57. The van der Waals surface area contributed by atoms with Crippen molar-refractivity contribution >= 4 is 11.6 Å². The standard InChI is InChI=1S/C12H10ClFN2/c13-8-5-6-11(16-7-8)12(15)9-3-1-2-4-10(9)14/h1-7,12H,15H2. The number of nitrogens with zero attached hydrogens (tertiary/aromatic N) is 1. The number of nitrogens with two attached hydrogens (primary N) is 1. The predicted molar refractivity (Wildman–Crippen MR) is 61.7 cm³/mol. The molecular formula is C12H10ClFN2. The number of aromatic nitrogens is 1. The van der Waals surface area contributed by atoms with Gasteiger partial charge in [-0.25, -0.2) is 4.39 Å². The Hall–Kier alpha value is -1.45. The van der Waals surface area contributed by atoms with Gasteiger partial charge in [0.25, 0.3) is 0 Å². The molecule has 1 aromatic carbocycles. The van der Waals surface area contributed by atoms with E-state index in [1.165, 1.54) is 12.3 Å². The third kappa shape index (κ3) is 2.21. The lowest BCUT2D eigenvalue weighted by Crippen LogP contribution is -2.14. The van der Waals surface area contributed by atoms with E-state index in [2.05, 4.69) is 4.98 Å². The van der Waals surface area contributed by atoms with E-state index >= 15 is 0 Å². The van der Waals surface area contributed by atoms with Gasteiger partial charge in [0, 0.05) is 11.8 Å². The zero-order chi connectivity index (χ0) is 11.5. The van der Waals surface area contributed by atoms with E-state index in [0.29, 0.717) is 16.3 Å². The second kappa shape index (κ2) is 4.60. The van der Waals surface area contributed by atoms with Crippen molar-refractivity contribution < 1.29 is 4.39 Å². The number of rotatable bonds is 2. The van der Waals surface area contributed by atoms with Gasteiger partial charge in [-0.2, -0.15) is 0 Å². The summed E-state index contributed by atoms with van der Waals surface area (Å²) in [6.07, 6.45) is 1.50. The van der Waals surface area contributed by atoms with Crippen LogP contribution in [0.4, 0.5) is 4.39 Å². The Morgan fingerprint density at radius 3 is 2.56 bits per heavy atom. The van der Waals surface area contributed by atoms with E-state index in [4.69, 9.17) is 17.3 Å². The normalized spacial score (nSPS) is 12.4. The molecule has 2 aromatic rings. The molecule has 2 nitrogen and oxygen atoms in total. The SMILES string of the molecule is NC(c1ccc(Cl)cn1)c1ccccc1F. The van der Waals surface area contributed by atoms with Gasteiger partial charge >= 0.3 is 0 Å². The van der Waals surface area contributed by atoms with Gasteiger partial charge < -0.3 is 5.73 Å². The van der Waals surface area contributed by atoms with Gasteiger partial charge in [0.15, 0.2) is 0 Å². The Balaban J connectivity index is 2.35. The Morgan fingerprint density at radius 2 is 1.94 bits per heavy atom. The van der Waals surface area contributed by atoms with Crippen molar-refractivity contribution in [1.29, 1.82) is 0 Å². The monoisotopic (exact) mass is 236 g/mol. The molecule has 1 unspecified atom stereocenters. The highest BCUT2D eigenvalue weighted by molar-refractivity contribution is 6.30. The molecule has 1 atom stereocenters. The first-order chi connectivity index (χ1) is 7.68. The average Bonchev–Trinajstić information content (AvgIpc) is 2.30. The molecule has 1 aromatic heterocycles. The first-order valence-corrected chi connectivity index (χ1v) is 5.18. The van der Waals surface area contributed by atoms with Crippen LogP contribution in [0.25, 0.3) is 0 Å². The lowest BCUT2D eigenvalue weighted by molar-refractivity contribution is 0.597. The lowest BCUT2D eigenvalue weighted by atomic mass is 10.0. The molecule has 0 aliphatic carbocycles. The molecular weight excluding hydrogens is 227 g/mol. The van der Waals surface area contributed by atoms with Crippen molar-refractivity contribution in [1.82, 2.24) is 4.98 Å². The van der Waals surface area contributed by atoms with E-state index in [0.717, 1.165) is 0 Å². The molecule has 2 N–H and O–H groups in total. The molecule has 0 radical (unpaired) electrons. The van der Waals surface area contributed by atoms with Gasteiger partial charge in [0.1, 0.15) is 5.82 Å². The molecule has 0 amide bonds. The van der Waals surface area contributed by atoms with Crippen LogP contribution in [0.1, 0.15) is 17.3 Å². The summed E-state index contributed by atoms with van der Waals surface area (Å²) in [5.41, 5.74) is 6.94. The first-order valence-electron chi connectivity index (χ1n) is 4.80. The van der Waals surface area contributed by atoms with Crippen LogP contribution in [0.2, 0.25) is 5.02 Å². The highest BCUT2D eigenvalue weighted by Crippen LogP contribution is 2.21. The second-order valence-electron chi connectivity index (χ2n) is 3.40. The minimum Gasteiger partial charge on any atom is -0.319 e. The molecule has 0 aliphatic heterocycles. The number of benzene rings is 1. The maximum Gasteiger partial charge on any atom is 0.128 e. The summed E-state index contributed by atoms with van der Waals surface area (Å²) in [5.74, 6) is -0.327. The van der Waals surface area contributed by atoms with Gasteiger partial charge in [-0.1, -0.05) is 29.8 Å². The summed E-state index contributed by atoms with van der Waals surface area (Å²) < 4.78 is 13.5. The van der Waals surface area contributed by atoms with Crippen molar-refractivity contribution in [3.8, 4) is 0 Å². The summed E-state index contributed by atoms with van der Waals surface area (Å²) in [7, 11) is 0. The van der Waals surface area contributed by atoms with Crippen LogP contribution >= 0.6 is 11.6 Å². The van der Waals surface area contributed by atoms with E-state index in [-0.39, 0.29) is 5.82 Å². The van der Waals surface area contributed by atoms with Gasteiger partial charge in [-0.05, 0) is 18.2 Å². The van der Waals surface area contributed by atoms with Crippen LogP contribution in [0.3, 0.4) is 0 Å². The van der Waals surface area contributed by atoms with Gasteiger partial charge in [0.2, 0.25) is 0 Å². The zero-order valence-electron chi connectivity index (χ0n) is 8.40. The molecule has 0 saturated carbocycles. The fraction of sp³-hybridized carbons (Fsp3) is 0.0833. The molecule has 0 spiro atoms. The van der Waals surface area contributed by atoms with Gasteiger partial charge in [-0.3, -0.25) is 4.98 Å². The number of hydrogen-bond donors (Lipinski definition) is 1. The van der Waals surface area contributed by atoms with Crippen LogP contribution in [0, 0.1) is 5.82 Å². The molecule has 0 saturated heterocycles. The number of halogens is 2. The third-order valence-corrected chi connectivity index (χ3v) is 2.53. The summed E-state index contributed by atoms with van der Waals surface area (Å²) in [6.45, 7) is 0. The summed E-state index contributed by atoms with van der Waals surface area (Å²) >= 11 is 5.72. The predicted octanol–water partition coefficient (Wildman–Crippen LogP) is 2.92. The van der Waals surface area contributed by atoms with E-state index < -0.39 is 6.04 Å². The molecule has 0 aliphatic rings. The van der Waals surface area contributed by atoms with Crippen LogP contribution < -0.4 is 5.73 Å². The molecule has 4 heteroatoms. The first kappa shape index (κ1) is 11.0. The lowest BCUT2D eigenvalue weighted by Gasteiger charge is -2.12. The smallest absolute Gasteiger partial charge is 0.128 e. The van der Waals surface area contributed by atoms with E-state index in [9.17, 15) is 4.39 Å². The van der Waals surface area contributed by atoms with Crippen molar-refractivity contribution in [2.75, 3.05) is 0 Å². The van der Waals surface area contributed by atoms with Crippen molar-refractivity contribution in [3.05, 3.63) is 64.7 Å². The van der Waals surface area contributed by atoms with Crippen LogP contribution in [-0.2, 0) is 0 Å². The Morgan fingerprint density at radius 1 is 1.19 bits per heavy atom. The van der Waals surface area contributed by atoms with E-state index in [1.807, 2.05) is 0 Å². The van der Waals surface area contributed by atoms with E-state index in [1.54, 1.807) is 30.3 Å². The summed E-state index contributed by atoms with van der Waals surface area (Å²) in [5, 5.41) is 0.532. The minimum atomic E-state index is -0.571. The molecule has 0 fully saturated rings. The van der Waals surface area contributed by atoms with Gasteiger partial charge in [-0.15, -0.1) is 0 Å². The minimum absolute atomic E-state index is 0.327. The number of hydrogen-bond acceptors (Lipinski definition) is 2. The average molecular weight is 237 g/mol. The second-order valence-corrected chi connectivity index (χ2v) is 3.84. The molecule has 1 heterocycles. The van der Waals surface area contributed by atoms with Crippen LogP contribution in [0.5, 0.6) is 0 Å². The highest BCUT2D eigenvalue weighted by atomic mass is 35.5. The maximum absolute atomic E-state index is 13.5. The van der Waals surface area contributed by atoms with Crippen LogP contribution in [0.15, 0.2) is 42.6 Å². The molecule has 0 bridgehead atoms. The highest BCUT2D eigenvalue weighted by Gasteiger charge is 2.13. The topological polar surface area (TPSA) is 38.9 Å². The van der Waals surface area contributed by atoms with Crippen molar-refractivity contribution in [2.45, 2.75) is 6.04 Å². The van der Waals surface area contributed by atoms with Crippen molar-refractivity contribution in [3.63, 3.8) is 0 Å². The third-order valence-electron chi connectivity index (χ3n) is 2.31. The summed E-state index contributed by atoms with van der Waals surface area (Å²) in [4.78, 5) is 4.07. The molecule has 16 heavy (non-hydrogen) atoms. The largest absolute Gasteiger partial charge is 0.319 e. The Labute approximate surface area is 97.9 Å². The van der Waals surface area contributed by atoms with Gasteiger partial charge in [0.05, 0.1) is 16.8 Å². The van der Waals surface area contributed by atoms with Crippen molar-refractivity contribution in [2.24, 2.45) is 5.73 Å². The maximum atomic E-state index is 13.5. The summed E-state index contributed by atoms with van der Waals surface area (Å²) in [6, 6.07) is 9.21. The zero-order valence-corrected chi connectivity index (χ0v) is 9.16. The molecule has 2 rings (SSSR count). The Kier molecular flexibility index (Phi) is 3.17. The molecule has 82 valence electrons. The van der Waals surface area contributed by atoms with Crippen LogP contribution in [-0.4, -0.2) is 4.98 Å². The quantitative estimate of drug-likeness (QED) is 0.871.